The van der Waals surface area contributed by atoms with Gasteiger partial charge in [0.1, 0.15) is 30.5 Å². The van der Waals surface area contributed by atoms with E-state index in [1.165, 1.54) is 180 Å². The van der Waals surface area contributed by atoms with Crippen LogP contribution in [0.4, 0.5) is 0 Å². The lowest BCUT2D eigenvalue weighted by Crippen LogP contribution is -2.60. The number of aliphatic hydroxyl groups excluding tert-OH is 6. The molecule has 372 valence electrons. The number of rotatable bonds is 45. The first kappa shape index (κ1) is 59.6. The van der Waals surface area contributed by atoms with Crippen LogP contribution in [-0.2, 0) is 14.3 Å². The van der Waals surface area contributed by atoms with E-state index in [4.69, 9.17) is 9.47 Å². The third-order valence-corrected chi connectivity index (χ3v) is 12.9. The van der Waals surface area contributed by atoms with Crippen LogP contribution < -0.4 is 5.32 Å². The summed E-state index contributed by atoms with van der Waals surface area (Å²) in [5.41, 5.74) is 0. The molecule has 10 heteroatoms. The molecule has 10 nitrogen and oxygen atoms in total. The van der Waals surface area contributed by atoms with Gasteiger partial charge < -0.3 is 45.4 Å². The van der Waals surface area contributed by atoms with Crippen LogP contribution in [0.25, 0.3) is 0 Å². The van der Waals surface area contributed by atoms with E-state index in [2.05, 4.69) is 31.3 Å². The minimum absolute atomic E-state index is 0.308. The summed E-state index contributed by atoms with van der Waals surface area (Å²) in [7, 11) is 0. The van der Waals surface area contributed by atoms with Crippen molar-refractivity contribution >= 4 is 5.91 Å². The van der Waals surface area contributed by atoms with E-state index in [9.17, 15) is 35.4 Å². The standard InChI is InChI=1S/C53H101NO9/c1-3-5-7-9-11-13-15-17-18-19-20-21-22-23-24-25-26-27-28-29-30-32-34-36-38-40-42-47(57)52(61)54-45(44-62-53-51(60)50(59)49(58)48(43-55)63-53)46(56)41-39-37-35-33-31-16-14-12-10-8-6-4-2/h31,33,39,41,45-51,53,55-60H,3-30,32,34-38,40,42-44H2,1-2H3,(H,54,61)/b33-31+,41-39+. The maximum absolute atomic E-state index is 13.1. The number of carbonyl (C=O) groups excluding carboxylic acids is 1. The van der Waals surface area contributed by atoms with E-state index < -0.39 is 61.5 Å². The Morgan fingerprint density at radius 1 is 0.540 bits per heavy atom. The molecule has 0 aromatic heterocycles. The number of unbranched alkanes of at least 4 members (excludes halogenated alkanes) is 32. The van der Waals surface area contributed by atoms with Crippen molar-refractivity contribution in [2.45, 2.75) is 294 Å². The number of hydrogen-bond acceptors (Lipinski definition) is 9. The summed E-state index contributed by atoms with van der Waals surface area (Å²) < 4.78 is 11.1. The van der Waals surface area contributed by atoms with Crippen molar-refractivity contribution in [2.75, 3.05) is 13.2 Å². The molecule has 0 radical (unpaired) electrons. The van der Waals surface area contributed by atoms with Crippen molar-refractivity contribution in [2.24, 2.45) is 0 Å². The monoisotopic (exact) mass is 896 g/mol. The second kappa shape index (κ2) is 43.2. The number of carbonyl (C=O) groups is 1. The summed E-state index contributed by atoms with van der Waals surface area (Å²) in [6.07, 6.45) is 42.9. The van der Waals surface area contributed by atoms with Crippen molar-refractivity contribution in [3.05, 3.63) is 24.3 Å². The molecule has 1 aliphatic heterocycles. The van der Waals surface area contributed by atoms with Crippen LogP contribution in [-0.4, -0.2) is 98.7 Å². The number of amides is 1. The van der Waals surface area contributed by atoms with Crippen molar-refractivity contribution in [1.29, 1.82) is 0 Å². The fraction of sp³-hybridized carbons (Fsp3) is 0.906. The van der Waals surface area contributed by atoms with E-state index in [1.54, 1.807) is 6.08 Å². The van der Waals surface area contributed by atoms with Gasteiger partial charge in [0.15, 0.2) is 6.29 Å². The third-order valence-electron chi connectivity index (χ3n) is 12.9. The Labute approximate surface area is 386 Å². The molecule has 63 heavy (non-hydrogen) atoms. The van der Waals surface area contributed by atoms with Gasteiger partial charge in [-0.1, -0.05) is 237 Å². The fourth-order valence-corrected chi connectivity index (χ4v) is 8.53. The maximum Gasteiger partial charge on any atom is 0.249 e. The molecule has 0 bridgehead atoms. The maximum atomic E-state index is 13.1. The first-order valence-electron chi connectivity index (χ1n) is 26.7. The molecule has 1 heterocycles. The highest BCUT2D eigenvalue weighted by Crippen LogP contribution is 2.23. The van der Waals surface area contributed by atoms with Gasteiger partial charge in [-0.2, -0.15) is 0 Å². The van der Waals surface area contributed by atoms with Crippen LogP contribution in [0.5, 0.6) is 0 Å². The van der Waals surface area contributed by atoms with Gasteiger partial charge >= 0.3 is 0 Å². The van der Waals surface area contributed by atoms with Gasteiger partial charge in [-0.25, -0.2) is 0 Å². The van der Waals surface area contributed by atoms with Gasteiger partial charge in [-0.3, -0.25) is 4.79 Å². The number of allylic oxidation sites excluding steroid dienone is 3. The lowest BCUT2D eigenvalue weighted by Gasteiger charge is -2.40. The summed E-state index contributed by atoms with van der Waals surface area (Å²) in [5.74, 6) is -0.623. The van der Waals surface area contributed by atoms with Gasteiger partial charge in [0.25, 0.3) is 0 Å². The molecule has 0 aromatic rings. The van der Waals surface area contributed by atoms with Gasteiger partial charge in [0.2, 0.25) is 5.91 Å². The predicted molar refractivity (Wildman–Crippen MR) is 260 cm³/mol. The molecule has 7 N–H and O–H groups in total. The van der Waals surface area contributed by atoms with Crippen LogP contribution >= 0.6 is 0 Å². The molecule has 8 unspecified atom stereocenters. The summed E-state index contributed by atoms with van der Waals surface area (Å²) in [6, 6.07) is -0.993. The lowest BCUT2D eigenvalue weighted by molar-refractivity contribution is -0.302. The Morgan fingerprint density at radius 2 is 0.937 bits per heavy atom. The smallest absolute Gasteiger partial charge is 0.249 e. The molecular formula is C53H101NO9. The minimum Gasteiger partial charge on any atom is -0.394 e. The number of hydrogen-bond donors (Lipinski definition) is 7. The topological polar surface area (TPSA) is 169 Å². The largest absolute Gasteiger partial charge is 0.394 e. The molecule has 1 fully saturated rings. The predicted octanol–water partition coefficient (Wildman–Crippen LogP) is 11.2. The van der Waals surface area contributed by atoms with Crippen molar-refractivity contribution in [3.63, 3.8) is 0 Å². The molecule has 0 spiro atoms. The van der Waals surface area contributed by atoms with Crippen LogP contribution in [0.15, 0.2) is 24.3 Å². The van der Waals surface area contributed by atoms with Gasteiger partial charge in [-0.15, -0.1) is 0 Å². The number of aliphatic hydroxyl groups is 6. The Kier molecular flexibility index (Phi) is 40.9. The second-order valence-corrected chi connectivity index (χ2v) is 18.8. The highest BCUT2D eigenvalue weighted by molar-refractivity contribution is 5.80. The molecule has 1 amide bonds. The van der Waals surface area contributed by atoms with Gasteiger partial charge in [-0.05, 0) is 32.1 Å². The molecule has 0 saturated carbocycles. The van der Waals surface area contributed by atoms with E-state index in [1.807, 2.05) is 6.08 Å². The Bertz CT molecular complexity index is 1060. The fourth-order valence-electron chi connectivity index (χ4n) is 8.53. The molecule has 1 rings (SSSR count). The zero-order valence-corrected chi connectivity index (χ0v) is 40.7. The van der Waals surface area contributed by atoms with Crippen LogP contribution in [0, 0.1) is 0 Å². The molecule has 0 aliphatic carbocycles. The summed E-state index contributed by atoms with van der Waals surface area (Å²) in [6.45, 7) is 3.59. The summed E-state index contributed by atoms with van der Waals surface area (Å²) in [5, 5.41) is 64.7. The van der Waals surface area contributed by atoms with Crippen LogP contribution in [0.3, 0.4) is 0 Å². The summed E-state index contributed by atoms with van der Waals surface area (Å²) >= 11 is 0. The minimum atomic E-state index is -1.61. The third kappa shape index (κ3) is 32.9. The van der Waals surface area contributed by atoms with Crippen molar-refractivity contribution in [3.8, 4) is 0 Å². The molecule has 8 atom stereocenters. The average molecular weight is 896 g/mol. The van der Waals surface area contributed by atoms with Crippen molar-refractivity contribution < 1.29 is 44.9 Å². The van der Waals surface area contributed by atoms with E-state index >= 15 is 0 Å². The molecule has 1 saturated heterocycles. The quantitative estimate of drug-likeness (QED) is 0.0232. The number of nitrogens with one attached hydrogen (secondary N) is 1. The average Bonchev–Trinajstić information content (AvgIpc) is 3.28. The highest BCUT2D eigenvalue weighted by Gasteiger charge is 2.44. The lowest BCUT2D eigenvalue weighted by atomic mass is 9.99. The zero-order chi connectivity index (χ0) is 46.0. The SMILES string of the molecule is CCCCCCCC/C=C/CC/C=C/C(O)C(COC1OC(CO)C(O)C(O)C1O)NC(=O)C(O)CCCCCCCCCCCCCCCCCCCCCCCCCCCC. The zero-order valence-electron chi connectivity index (χ0n) is 40.7. The van der Waals surface area contributed by atoms with E-state index in [-0.39, 0.29) is 6.61 Å². The Morgan fingerprint density at radius 3 is 1.38 bits per heavy atom. The first-order valence-corrected chi connectivity index (χ1v) is 26.7. The Hall–Kier alpha value is -1.37. The second-order valence-electron chi connectivity index (χ2n) is 18.8. The number of ether oxygens (including phenoxy) is 2. The summed E-state index contributed by atoms with van der Waals surface area (Å²) in [4.78, 5) is 13.1. The van der Waals surface area contributed by atoms with Gasteiger partial charge in [0.05, 0.1) is 25.4 Å². The van der Waals surface area contributed by atoms with Crippen molar-refractivity contribution in [1.82, 2.24) is 5.32 Å². The molecular weight excluding hydrogens is 795 g/mol. The molecule has 1 aliphatic rings. The normalized spacial score (nSPS) is 20.8. The Balaban J connectivity index is 2.23. The molecule has 0 aromatic carbocycles. The van der Waals surface area contributed by atoms with Crippen LogP contribution in [0.1, 0.15) is 245 Å². The van der Waals surface area contributed by atoms with Gasteiger partial charge in [0, 0.05) is 0 Å². The van der Waals surface area contributed by atoms with Crippen LogP contribution in [0.2, 0.25) is 0 Å². The first-order chi connectivity index (χ1) is 30.8. The highest BCUT2D eigenvalue weighted by atomic mass is 16.7. The van der Waals surface area contributed by atoms with E-state index in [0.29, 0.717) is 12.8 Å². The van der Waals surface area contributed by atoms with E-state index in [0.717, 1.165) is 38.5 Å².